The highest BCUT2D eigenvalue weighted by molar-refractivity contribution is 7.99. The van der Waals surface area contributed by atoms with E-state index in [4.69, 9.17) is 4.74 Å². The first-order valence-electron chi connectivity index (χ1n) is 10.2. The number of nitrogens with zero attached hydrogens (tertiary/aromatic N) is 1. The SMILES string of the molecule is CC[C@@H](C(=O)NC)N(Cc1cccc(OC)c1)C(=O)CSCc1cc(C)cc(C)c1. The lowest BCUT2D eigenvalue weighted by atomic mass is 10.1. The zero-order valence-corrected chi connectivity index (χ0v) is 19.3. The van der Waals surface area contributed by atoms with Gasteiger partial charge in [-0.25, -0.2) is 0 Å². The highest BCUT2D eigenvalue weighted by Gasteiger charge is 2.27. The average molecular weight is 429 g/mol. The number of likely N-dealkylation sites (N-methyl/N-ethyl adjacent to an activating group) is 1. The normalized spacial score (nSPS) is 11.6. The molecular formula is C24H32N2O3S. The molecule has 1 N–H and O–H groups in total. The van der Waals surface area contributed by atoms with Crippen LogP contribution in [0, 0.1) is 13.8 Å². The number of methoxy groups -OCH3 is 1. The van der Waals surface area contributed by atoms with E-state index < -0.39 is 6.04 Å². The summed E-state index contributed by atoms with van der Waals surface area (Å²) < 4.78 is 5.30. The van der Waals surface area contributed by atoms with Gasteiger partial charge in [0.25, 0.3) is 0 Å². The first-order valence-corrected chi connectivity index (χ1v) is 11.3. The molecule has 0 heterocycles. The number of aryl methyl sites for hydroxylation is 2. The number of thioether (sulfide) groups is 1. The van der Waals surface area contributed by atoms with Crippen molar-refractivity contribution in [2.75, 3.05) is 19.9 Å². The Labute approximate surface area is 184 Å². The fourth-order valence-electron chi connectivity index (χ4n) is 3.55. The van der Waals surface area contributed by atoms with Crippen LogP contribution in [-0.4, -0.2) is 42.7 Å². The molecule has 0 saturated carbocycles. The van der Waals surface area contributed by atoms with Crippen molar-refractivity contribution in [2.45, 2.75) is 45.5 Å². The molecule has 30 heavy (non-hydrogen) atoms. The second-order valence-corrected chi connectivity index (χ2v) is 8.39. The zero-order chi connectivity index (χ0) is 22.1. The van der Waals surface area contributed by atoms with Crippen molar-refractivity contribution in [1.82, 2.24) is 10.2 Å². The number of hydrogen-bond acceptors (Lipinski definition) is 4. The van der Waals surface area contributed by atoms with Gasteiger partial charge in [0.1, 0.15) is 11.8 Å². The third-order valence-electron chi connectivity index (χ3n) is 4.90. The van der Waals surface area contributed by atoms with E-state index in [-0.39, 0.29) is 11.8 Å². The van der Waals surface area contributed by atoms with Crippen LogP contribution in [0.15, 0.2) is 42.5 Å². The van der Waals surface area contributed by atoms with E-state index in [0.717, 1.165) is 17.1 Å². The highest BCUT2D eigenvalue weighted by atomic mass is 32.2. The van der Waals surface area contributed by atoms with E-state index in [0.29, 0.717) is 18.7 Å². The maximum Gasteiger partial charge on any atom is 0.242 e. The van der Waals surface area contributed by atoms with Crippen LogP contribution in [-0.2, 0) is 21.9 Å². The van der Waals surface area contributed by atoms with Gasteiger partial charge in [-0.05, 0) is 43.5 Å². The third kappa shape index (κ3) is 6.80. The molecule has 2 amide bonds. The number of hydrogen-bond donors (Lipinski definition) is 1. The summed E-state index contributed by atoms with van der Waals surface area (Å²) in [4.78, 5) is 27.3. The van der Waals surface area contributed by atoms with Gasteiger partial charge in [0, 0.05) is 19.3 Å². The molecule has 162 valence electrons. The van der Waals surface area contributed by atoms with Crippen LogP contribution in [0.4, 0.5) is 0 Å². The van der Waals surface area contributed by atoms with Crippen molar-refractivity contribution in [3.05, 3.63) is 64.7 Å². The van der Waals surface area contributed by atoms with E-state index in [1.807, 2.05) is 31.2 Å². The third-order valence-corrected chi connectivity index (χ3v) is 5.88. The Kier molecular flexibility index (Phi) is 9.24. The second-order valence-electron chi connectivity index (χ2n) is 7.40. The summed E-state index contributed by atoms with van der Waals surface area (Å²) in [6.45, 7) is 6.45. The predicted molar refractivity (Wildman–Crippen MR) is 124 cm³/mol. The van der Waals surface area contributed by atoms with Crippen LogP contribution >= 0.6 is 11.8 Å². The Morgan fingerprint density at radius 2 is 1.80 bits per heavy atom. The number of amides is 2. The summed E-state index contributed by atoms with van der Waals surface area (Å²) in [5, 5.41) is 2.69. The van der Waals surface area contributed by atoms with Gasteiger partial charge in [0.05, 0.1) is 12.9 Å². The first kappa shape index (κ1) is 23.8. The lowest BCUT2D eigenvalue weighted by Gasteiger charge is -2.30. The van der Waals surface area contributed by atoms with Crippen LogP contribution in [0.25, 0.3) is 0 Å². The molecule has 0 bridgehead atoms. The highest BCUT2D eigenvalue weighted by Crippen LogP contribution is 2.20. The van der Waals surface area contributed by atoms with Gasteiger partial charge in [-0.1, -0.05) is 48.4 Å². The Morgan fingerprint density at radius 1 is 1.10 bits per heavy atom. The second kappa shape index (κ2) is 11.6. The van der Waals surface area contributed by atoms with E-state index in [1.165, 1.54) is 16.7 Å². The number of nitrogens with one attached hydrogen (secondary N) is 1. The van der Waals surface area contributed by atoms with Crippen LogP contribution in [0.1, 0.15) is 35.6 Å². The minimum Gasteiger partial charge on any atom is -0.497 e. The number of carbonyl (C=O) groups excluding carboxylic acids is 2. The Bertz CT molecular complexity index is 849. The van der Waals surface area contributed by atoms with Crippen molar-refractivity contribution in [3.63, 3.8) is 0 Å². The van der Waals surface area contributed by atoms with Crippen LogP contribution < -0.4 is 10.1 Å². The average Bonchev–Trinajstić information content (AvgIpc) is 2.72. The Morgan fingerprint density at radius 3 is 2.40 bits per heavy atom. The van der Waals surface area contributed by atoms with Gasteiger partial charge < -0.3 is 15.0 Å². The maximum absolute atomic E-state index is 13.1. The van der Waals surface area contributed by atoms with Gasteiger partial charge in [-0.2, -0.15) is 0 Å². The van der Waals surface area contributed by atoms with Crippen LogP contribution in [0.5, 0.6) is 5.75 Å². The molecule has 2 aromatic rings. The van der Waals surface area contributed by atoms with Crippen molar-refractivity contribution < 1.29 is 14.3 Å². The fraction of sp³-hybridized carbons (Fsp3) is 0.417. The molecular weight excluding hydrogens is 396 g/mol. The molecule has 0 unspecified atom stereocenters. The number of ether oxygens (including phenoxy) is 1. The molecule has 2 aromatic carbocycles. The Balaban J connectivity index is 2.13. The summed E-state index contributed by atoms with van der Waals surface area (Å²) >= 11 is 1.58. The molecule has 0 aliphatic rings. The van der Waals surface area contributed by atoms with E-state index in [2.05, 4.69) is 37.4 Å². The summed E-state index contributed by atoms with van der Waals surface area (Å²) in [7, 11) is 3.22. The molecule has 0 aliphatic carbocycles. The van der Waals surface area contributed by atoms with Crippen molar-refractivity contribution in [2.24, 2.45) is 0 Å². The zero-order valence-electron chi connectivity index (χ0n) is 18.5. The molecule has 0 saturated heterocycles. The maximum atomic E-state index is 13.1. The Hall–Kier alpha value is -2.47. The topological polar surface area (TPSA) is 58.6 Å². The molecule has 0 radical (unpaired) electrons. The van der Waals surface area contributed by atoms with Gasteiger partial charge in [0.2, 0.25) is 11.8 Å². The molecule has 0 aromatic heterocycles. The molecule has 5 nitrogen and oxygen atoms in total. The summed E-state index contributed by atoms with van der Waals surface area (Å²) in [5.41, 5.74) is 4.59. The van der Waals surface area contributed by atoms with Crippen molar-refractivity contribution >= 4 is 23.6 Å². The van der Waals surface area contributed by atoms with E-state index in [1.54, 1.807) is 30.8 Å². The minimum atomic E-state index is -0.504. The molecule has 0 fully saturated rings. The predicted octanol–water partition coefficient (Wildman–Crippen LogP) is 4.10. The lowest BCUT2D eigenvalue weighted by molar-refractivity contribution is -0.139. The lowest BCUT2D eigenvalue weighted by Crippen LogP contribution is -2.48. The van der Waals surface area contributed by atoms with Gasteiger partial charge in [-0.15, -0.1) is 11.8 Å². The van der Waals surface area contributed by atoms with E-state index in [9.17, 15) is 9.59 Å². The number of rotatable bonds is 10. The minimum absolute atomic E-state index is 0.0392. The smallest absolute Gasteiger partial charge is 0.242 e. The van der Waals surface area contributed by atoms with Crippen LogP contribution in [0.3, 0.4) is 0 Å². The summed E-state index contributed by atoms with van der Waals surface area (Å²) in [6, 6.07) is 13.6. The van der Waals surface area contributed by atoms with Crippen molar-refractivity contribution in [3.8, 4) is 5.75 Å². The van der Waals surface area contributed by atoms with Gasteiger partial charge in [-0.3, -0.25) is 9.59 Å². The number of benzene rings is 2. The molecule has 0 spiro atoms. The quantitative estimate of drug-likeness (QED) is 0.619. The molecule has 0 aliphatic heterocycles. The summed E-state index contributed by atoms with van der Waals surface area (Å²) in [6.07, 6.45) is 0.553. The van der Waals surface area contributed by atoms with E-state index >= 15 is 0 Å². The molecule has 6 heteroatoms. The first-order chi connectivity index (χ1) is 14.4. The van der Waals surface area contributed by atoms with Crippen LogP contribution in [0.2, 0.25) is 0 Å². The van der Waals surface area contributed by atoms with Gasteiger partial charge >= 0.3 is 0 Å². The standard InChI is InChI=1S/C24H32N2O3S/c1-6-22(24(28)25-4)26(14-19-8-7-9-21(13-19)29-5)23(27)16-30-15-20-11-17(2)10-18(3)12-20/h7-13,22H,6,14-16H2,1-5H3,(H,25,28)/t22-/m0/s1. The summed E-state index contributed by atoms with van der Waals surface area (Å²) in [5.74, 6) is 1.63. The molecule has 2 rings (SSSR count). The molecule has 1 atom stereocenters. The fourth-order valence-corrected chi connectivity index (χ4v) is 4.39. The monoisotopic (exact) mass is 428 g/mol. The van der Waals surface area contributed by atoms with Crippen molar-refractivity contribution in [1.29, 1.82) is 0 Å². The largest absolute Gasteiger partial charge is 0.497 e. The van der Waals surface area contributed by atoms with Gasteiger partial charge in [0.15, 0.2) is 0 Å². The number of carbonyl (C=O) groups is 2.